The number of hydrogen-bond donors (Lipinski definition) is 2. The molecule has 0 aromatic heterocycles. The van der Waals surface area contributed by atoms with Crippen molar-refractivity contribution < 1.29 is 19.2 Å². The van der Waals surface area contributed by atoms with E-state index in [0.717, 1.165) is 18.4 Å². The van der Waals surface area contributed by atoms with Gasteiger partial charge in [-0.15, -0.1) is 0 Å². The van der Waals surface area contributed by atoms with E-state index in [2.05, 4.69) is 10.6 Å². The first-order chi connectivity index (χ1) is 12.9. The van der Waals surface area contributed by atoms with Crippen molar-refractivity contribution >= 4 is 35.1 Å². The molecular formula is C19H24N4O4. The number of likely N-dealkylation sites (tertiary alicyclic amines) is 2. The molecule has 0 radical (unpaired) electrons. The van der Waals surface area contributed by atoms with Crippen molar-refractivity contribution in [3.05, 3.63) is 23.8 Å². The molecule has 2 saturated heterocycles. The first kappa shape index (κ1) is 18.9. The van der Waals surface area contributed by atoms with Gasteiger partial charge in [-0.25, -0.2) is 9.59 Å². The molecule has 0 spiro atoms. The Morgan fingerprint density at radius 1 is 0.963 bits per heavy atom. The second-order valence-electron chi connectivity index (χ2n) is 6.96. The predicted octanol–water partition coefficient (Wildman–Crippen LogP) is 2.74. The topological polar surface area (TPSA) is 98.8 Å². The van der Waals surface area contributed by atoms with Crippen molar-refractivity contribution in [1.82, 2.24) is 9.80 Å². The third kappa shape index (κ3) is 4.64. The monoisotopic (exact) mass is 372 g/mol. The summed E-state index contributed by atoms with van der Waals surface area (Å²) in [4.78, 5) is 50.9. The molecule has 0 aliphatic carbocycles. The quantitative estimate of drug-likeness (QED) is 0.834. The molecule has 3 rings (SSSR count). The number of urea groups is 2. The average Bonchev–Trinajstić information content (AvgIpc) is 2.64. The smallest absolute Gasteiger partial charge is 0.317 e. The lowest BCUT2D eigenvalue weighted by Crippen LogP contribution is -2.43. The highest BCUT2D eigenvalue weighted by atomic mass is 16.2. The van der Waals surface area contributed by atoms with Gasteiger partial charge in [-0.2, -0.15) is 0 Å². The maximum Gasteiger partial charge on any atom is 0.328 e. The van der Waals surface area contributed by atoms with Crippen LogP contribution < -0.4 is 10.6 Å². The van der Waals surface area contributed by atoms with Crippen molar-refractivity contribution in [3.8, 4) is 0 Å². The van der Waals surface area contributed by atoms with Crippen molar-refractivity contribution in [2.75, 3.05) is 30.3 Å². The number of nitrogens with zero attached hydrogens (tertiary/aromatic N) is 2. The maximum atomic E-state index is 12.4. The molecule has 8 nitrogen and oxygen atoms in total. The van der Waals surface area contributed by atoms with Gasteiger partial charge in [0.25, 0.3) is 0 Å². The van der Waals surface area contributed by atoms with E-state index in [4.69, 9.17) is 0 Å². The molecule has 2 heterocycles. The van der Waals surface area contributed by atoms with Crippen LogP contribution in [-0.4, -0.2) is 53.2 Å². The fraction of sp³-hybridized carbons (Fsp3) is 0.474. The Kier molecular flexibility index (Phi) is 5.73. The van der Waals surface area contributed by atoms with Crippen molar-refractivity contribution in [2.24, 2.45) is 0 Å². The Labute approximate surface area is 157 Å². The van der Waals surface area contributed by atoms with E-state index in [0.29, 0.717) is 43.7 Å². The van der Waals surface area contributed by atoms with Gasteiger partial charge in [0.05, 0.1) is 6.54 Å². The molecule has 2 aliphatic heterocycles. The van der Waals surface area contributed by atoms with Crippen molar-refractivity contribution in [2.45, 2.75) is 39.0 Å². The summed E-state index contributed by atoms with van der Waals surface area (Å²) in [5.74, 6) is -0.116. The van der Waals surface area contributed by atoms with Crippen LogP contribution in [0.1, 0.15) is 37.7 Å². The van der Waals surface area contributed by atoms with Gasteiger partial charge in [-0.1, -0.05) is 6.07 Å². The van der Waals surface area contributed by atoms with Gasteiger partial charge in [-0.05, 0) is 43.9 Å². The van der Waals surface area contributed by atoms with E-state index >= 15 is 0 Å². The number of anilines is 2. The summed E-state index contributed by atoms with van der Waals surface area (Å²) in [7, 11) is 0. The van der Waals surface area contributed by atoms with E-state index in [1.165, 1.54) is 9.80 Å². The van der Waals surface area contributed by atoms with Crippen LogP contribution in [-0.2, 0) is 9.59 Å². The van der Waals surface area contributed by atoms with Gasteiger partial charge in [0, 0.05) is 37.3 Å². The minimum absolute atomic E-state index is 0.0559. The highest BCUT2D eigenvalue weighted by Gasteiger charge is 2.25. The number of imide groups is 1. The van der Waals surface area contributed by atoms with Crippen LogP contribution in [0, 0.1) is 6.92 Å². The molecule has 1 aromatic carbocycles. The zero-order chi connectivity index (χ0) is 19.4. The highest BCUT2D eigenvalue weighted by Crippen LogP contribution is 2.22. The third-order valence-electron chi connectivity index (χ3n) is 4.84. The second-order valence-corrected chi connectivity index (χ2v) is 6.96. The highest BCUT2D eigenvalue weighted by molar-refractivity contribution is 6.02. The van der Waals surface area contributed by atoms with Gasteiger partial charge in [-0.3, -0.25) is 14.5 Å². The van der Waals surface area contributed by atoms with Crippen LogP contribution >= 0.6 is 0 Å². The molecule has 0 atom stereocenters. The Morgan fingerprint density at radius 3 is 2.52 bits per heavy atom. The fourth-order valence-electron chi connectivity index (χ4n) is 3.25. The van der Waals surface area contributed by atoms with Gasteiger partial charge < -0.3 is 15.5 Å². The van der Waals surface area contributed by atoms with E-state index in [1.54, 1.807) is 18.2 Å². The van der Waals surface area contributed by atoms with Gasteiger partial charge in [0.1, 0.15) is 0 Å². The number of carbonyl (C=O) groups excluding carboxylic acids is 4. The lowest BCUT2D eigenvalue weighted by molar-refractivity contribution is -0.129. The van der Waals surface area contributed by atoms with Crippen LogP contribution in [0.4, 0.5) is 21.0 Å². The standard InChI is InChI=1S/C19H24N4O4/c1-13-7-8-14(20-19(27)23-10-3-2-6-17(23)25)11-16(13)21-18(26)22-9-4-5-15(24)12-22/h7-8,11H,2-6,9-10,12H2,1H3,(H,20,27)(H,21,26). The van der Waals surface area contributed by atoms with Gasteiger partial charge >= 0.3 is 12.1 Å². The SMILES string of the molecule is Cc1ccc(NC(=O)N2CCCCC2=O)cc1NC(=O)N1CCCC(=O)C1. The Balaban J connectivity index is 1.66. The number of amides is 5. The van der Waals surface area contributed by atoms with E-state index < -0.39 is 6.03 Å². The number of rotatable bonds is 2. The average molecular weight is 372 g/mol. The number of piperidine rings is 2. The summed E-state index contributed by atoms with van der Waals surface area (Å²) in [6.45, 7) is 2.93. The number of hydrogen-bond acceptors (Lipinski definition) is 4. The molecule has 2 N–H and O–H groups in total. The number of nitrogens with one attached hydrogen (secondary N) is 2. The number of benzene rings is 1. The molecule has 0 unspecified atom stereocenters. The van der Waals surface area contributed by atoms with E-state index in [-0.39, 0.29) is 24.3 Å². The summed E-state index contributed by atoms with van der Waals surface area (Å²) in [6.07, 6.45) is 3.19. The molecule has 0 bridgehead atoms. The number of carbonyl (C=O) groups is 4. The summed E-state index contributed by atoms with van der Waals surface area (Å²) >= 11 is 0. The minimum Gasteiger partial charge on any atom is -0.317 e. The van der Waals surface area contributed by atoms with Crippen LogP contribution in [0.2, 0.25) is 0 Å². The van der Waals surface area contributed by atoms with Crippen molar-refractivity contribution in [3.63, 3.8) is 0 Å². The Hall–Kier alpha value is -2.90. The molecule has 8 heteroatoms. The van der Waals surface area contributed by atoms with E-state index in [9.17, 15) is 19.2 Å². The number of ketones is 1. The van der Waals surface area contributed by atoms with Crippen LogP contribution in [0.3, 0.4) is 0 Å². The molecule has 2 aliphatic rings. The molecule has 2 fully saturated rings. The summed E-state index contributed by atoms with van der Waals surface area (Å²) in [5.41, 5.74) is 1.88. The lowest BCUT2D eigenvalue weighted by Gasteiger charge is -2.27. The fourth-order valence-corrected chi connectivity index (χ4v) is 3.25. The summed E-state index contributed by atoms with van der Waals surface area (Å²) in [5, 5.41) is 5.52. The molecule has 5 amide bonds. The molecule has 0 saturated carbocycles. The van der Waals surface area contributed by atoms with Crippen LogP contribution in [0.25, 0.3) is 0 Å². The number of aryl methyl sites for hydroxylation is 1. The summed E-state index contributed by atoms with van der Waals surface area (Å²) < 4.78 is 0. The zero-order valence-corrected chi connectivity index (χ0v) is 15.4. The van der Waals surface area contributed by atoms with Gasteiger partial charge in [0.15, 0.2) is 5.78 Å². The Bertz CT molecular complexity index is 777. The maximum absolute atomic E-state index is 12.4. The van der Waals surface area contributed by atoms with Crippen LogP contribution in [0.15, 0.2) is 18.2 Å². The molecule has 144 valence electrons. The van der Waals surface area contributed by atoms with Gasteiger partial charge in [0.2, 0.25) is 5.91 Å². The normalized spacial score (nSPS) is 17.7. The third-order valence-corrected chi connectivity index (χ3v) is 4.84. The predicted molar refractivity (Wildman–Crippen MR) is 101 cm³/mol. The van der Waals surface area contributed by atoms with Crippen LogP contribution in [0.5, 0.6) is 0 Å². The zero-order valence-electron chi connectivity index (χ0n) is 15.4. The first-order valence-corrected chi connectivity index (χ1v) is 9.23. The Morgan fingerprint density at radius 2 is 1.78 bits per heavy atom. The van der Waals surface area contributed by atoms with E-state index in [1.807, 2.05) is 6.92 Å². The minimum atomic E-state index is -0.456. The van der Waals surface area contributed by atoms with Crippen molar-refractivity contribution in [1.29, 1.82) is 0 Å². The molecule has 27 heavy (non-hydrogen) atoms. The molecule has 1 aromatic rings. The first-order valence-electron chi connectivity index (χ1n) is 9.23. The largest absolute Gasteiger partial charge is 0.328 e. The second kappa shape index (κ2) is 8.20. The summed E-state index contributed by atoms with van der Waals surface area (Å²) in [6, 6.07) is 4.38. The number of Topliss-reactive ketones (excluding diaryl/α,β-unsaturated/α-hetero) is 1. The lowest BCUT2D eigenvalue weighted by atomic mass is 10.1. The molecular weight excluding hydrogens is 348 g/mol.